The van der Waals surface area contributed by atoms with E-state index >= 15 is 0 Å². The molecule has 4 heteroatoms. The van der Waals surface area contributed by atoms with Gasteiger partial charge in [0.2, 0.25) is 0 Å². The molecule has 1 atom stereocenters. The van der Waals surface area contributed by atoms with E-state index in [2.05, 4.69) is 59.4 Å². The summed E-state index contributed by atoms with van der Waals surface area (Å²) in [6.45, 7) is 6.03. The Labute approximate surface area is 131 Å². The highest BCUT2D eigenvalue weighted by atomic mass is 35.5. The molecule has 21 heavy (non-hydrogen) atoms. The summed E-state index contributed by atoms with van der Waals surface area (Å²) >= 11 is 6.25. The van der Waals surface area contributed by atoms with Gasteiger partial charge in [-0.1, -0.05) is 36.7 Å². The topological polar surface area (TPSA) is 28.2 Å². The van der Waals surface area contributed by atoms with Gasteiger partial charge in [-0.2, -0.15) is 0 Å². The number of aromatic nitrogens is 1. The van der Waals surface area contributed by atoms with E-state index in [1.807, 2.05) is 0 Å². The van der Waals surface area contributed by atoms with Crippen LogP contribution in [0.25, 0.3) is 0 Å². The SMILES string of the molecule is CCNCc1cc(N2c3ccccc3CC2C)ncc1Cl. The Morgan fingerprint density at radius 1 is 1.38 bits per heavy atom. The molecule has 0 spiro atoms. The summed E-state index contributed by atoms with van der Waals surface area (Å²) in [6.07, 6.45) is 2.82. The molecule has 3 nitrogen and oxygen atoms in total. The average Bonchev–Trinajstić information content (AvgIpc) is 2.82. The quantitative estimate of drug-likeness (QED) is 0.927. The van der Waals surface area contributed by atoms with Crippen molar-refractivity contribution < 1.29 is 0 Å². The maximum Gasteiger partial charge on any atom is 0.133 e. The van der Waals surface area contributed by atoms with Gasteiger partial charge in [0, 0.05) is 24.5 Å². The van der Waals surface area contributed by atoms with Crippen LogP contribution in [0.3, 0.4) is 0 Å². The normalized spacial score (nSPS) is 17.1. The van der Waals surface area contributed by atoms with Crippen molar-refractivity contribution in [2.75, 3.05) is 11.4 Å². The Hall–Kier alpha value is -1.58. The van der Waals surface area contributed by atoms with Crippen LogP contribution in [0, 0.1) is 0 Å². The third kappa shape index (κ3) is 2.76. The molecule has 0 fully saturated rings. The molecule has 3 rings (SSSR count). The number of nitrogens with one attached hydrogen (secondary N) is 1. The van der Waals surface area contributed by atoms with Gasteiger partial charge in [-0.3, -0.25) is 0 Å². The molecule has 0 saturated carbocycles. The van der Waals surface area contributed by atoms with Crippen molar-refractivity contribution in [3.63, 3.8) is 0 Å². The highest BCUT2D eigenvalue weighted by molar-refractivity contribution is 6.31. The monoisotopic (exact) mass is 301 g/mol. The number of benzene rings is 1. The second-order valence-corrected chi connectivity index (χ2v) is 5.87. The van der Waals surface area contributed by atoms with E-state index in [9.17, 15) is 0 Å². The van der Waals surface area contributed by atoms with Gasteiger partial charge in [0.25, 0.3) is 0 Å². The molecule has 0 saturated heterocycles. The lowest BCUT2D eigenvalue weighted by molar-refractivity contribution is 0.721. The van der Waals surface area contributed by atoms with Crippen molar-refractivity contribution in [2.45, 2.75) is 32.9 Å². The fourth-order valence-electron chi connectivity index (χ4n) is 2.91. The maximum absolute atomic E-state index is 6.25. The first kappa shape index (κ1) is 14.4. The van der Waals surface area contributed by atoms with Crippen LogP contribution >= 0.6 is 11.6 Å². The highest BCUT2D eigenvalue weighted by Crippen LogP contribution is 2.37. The molecule has 1 N–H and O–H groups in total. The Kier molecular flexibility index (Phi) is 4.13. The second-order valence-electron chi connectivity index (χ2n) is 5.47. The zero-order valence-corrected chi connectivity index (χ0v) is 13.2. The number of halogens is 1. The first-order valence-electron chi connectivity index (χ1n) is 7.43. The molecule has 110 valence electrons. The van der Waals surface area contributed by atoms with Crippen LogP contribution in [0.5, 0.6) is 0 Å². The van der Waals surface area contributed by atoms with Gasteiger partial charge in [-0.15, -0.1) is 0 Å². The van der Waals surface area contributed by atoms with Crippen LogP contribution in [-0.2, 0) is 13.0 Å². The largest absolute Gasteiger partial charge is 0.323 e. The fourth-order valence-corrected chi connectivity index (χ4v) is 3.08. The second kappa shape index (κ2) is 6.04. The Balaban J connectivity index is 1.97. The van der Waals surface area contributed by atoms with E-state index in [1.165, 1.54) is 11.3 Å². The number of para-hydroxylation sites is 1. The van der Waals surface area contributed by atoms with E-state index < -0.39 is 0 Å². The molecule has 0 bridgehead atoms. The first-order valence-corrected chi connectivity index (χ1v) is 7.80. The molecule has 1 aromatic carbocycles. The van der Waals surface area contributed by atoms with E-state index in [4.69, 9.17) is 11.6 Å². The van der Waals surface area contributed by atoms with Crippen molar-refractivity contribution in [1.29, 1.82) is 0 Å². The van der Waals surface area contributed by atoms with Crippen molar-refractivity contribution in [2.24, 2.45) is 0 Å². The van der Waals surface area contributed by atoms with Crippen LogP contribution in [0.15, 0.2) is 36.5 Å². The summed E-state index contributed by atoms with van der Waals surface area (Å²) in [6, 6.07) is 11.1. The minimum absolute atomic E-state index is 0.419. The van der Waals surface area contributed by atoms with Gasteiger partial charge >= 0.3 is 0 Å². The predicted molar refractivity (Wildman–Crippen MR) is 88.4 cm³/mol. The van der Waals surface area contributed by atoms with Crippen LogP contribution < -0.4 is 10.2 Å². The Morgan fingerprint density at radius 2 is 2.19 bits per heavy atom. The molecule has 0 aliphatic carbocycles. The van der Waals surface area contributed by atoms with E-state index in [0.717, 1.165) is 35.9 Å². The summed E-state index contributed by atoms with van der Waals surface area (Å²) in [5, 5.41) is 4.04. The third-order valence-corrected chi connectivity index (χ3v) is 4.28. The van der Waals surface area contributed by atoms with E-state index in [1.54, 1.807) is 6.20 Å². The van der Waals surface area contributed by atoms with Gasteiger partial charge in [-0.25, -0.2) is 4.98 Å². The zero-order chi connectivity index (χ0) is 14.8. The van der Waals surface area contributed by atoms with E-state index in [0.29, 0.717) is 6.04 Å². The predicted octanol–water partition coefficient (Wildman–Crippen LogP) is 3.93. The smallest absolute Gasteiger partial charge is 0.133 e. The summed E-state index contributed by atoms with van der Waals surface area (Å²) in [5.41, 5.74) is 3.74. The van der Waals surface area contributed by atoms with E-state index in [-0.39, 0.29) is 0 Å². The lowest BCUT2D eigenvalue weighted by Crippen LogP contribution is -2.25. The standard InChI is InChI=1S/C17H20ClN3/c1-3-19-10-14-9-17(20-11-15(14)18)21-12(2)8-13-6-4-5-7-16(13)21/h4-7,9,11-12,19H,3,8,10H2,1-2H3. The Morgan fingerprint density at radius 3 is 3.00 bits per heavy atom. The average molecular weight is 302 g/mol. The summed E-state index contributed by atoms with van der Waals surface area (Å²) < 4.78 is 0. The molecule has 1 aromatic heterocycles. The van der Waals surface area contributed by atoms with Gasteiger partial charge in [0.1, 0.15) is 5.82 Å². The summed E-state index contributed by atoms with van der Waals surface area (Å²) in [7, 11) is 0. The number of rotatable bonds is 4. The molecular weight excluding hydrogens is 282 g/mol. The van der Waals surface area contributed by atoms with Gasteiger partial charge in [-0.05, 0) is 43.1 Å². The molecule has 2 heterocycles. The van der Waals surface area contributed by atoms with Gasteiger partial charge in [0.15, 0.2) is 0 Å². The minimum atomic E-state index is 0.419. The molecule has 1 unspecified atom stereocenters. The van der Waals surface area contributed by atoms with Crippen LogP contribution in [-0.4, -0.2) is 17.6 Å². The minimum Gasteiger partial charge on any atom is -0.323 e. The zero-order valence-electron chi connectivity index (χ0n) is 12.4. The summed E-state index contributed by atoms with van der Waals surface area (Å²) in [5.74, 6) is 0.977. The molecular formula is C17H20ClN3. The molecule has 1 aliphatic heterocycles. The Bertz CT molecular complexity index is 642. The van der Waals surface area contributed by atoms with Crippen molar-refractivity contribution in [3.05, 3.63) is 52.7 Å². The molecule has 1 aliphatic rings. The number of hydrogen-bond acceptors (Lipinski definition) is 3. The third-order valence-electron chi connectivity index (χ3n) is 3.94. The number of nitrogens with zero attached hydrogens (tertiary/aromatic N) is 2. The molecule has 2 aromatic rings. The lowest BCUT2D eigenvalue weighted by atomic mass is 10.1. The fraction of sp³-hybridized carbons (Fsp3) is 0.353. The number of anilines is 2. The number of pyridine rings is 1. The highest BCUT2D eigenvalue weighted by Gasteiger charge is 2.27. The van der Waals surface area contributed by atoms with Gasteiger partial charge < -0.3 is 10.2 Å². The van der Waals surface area contributed by atoms with Gasteiger partial charge in [0.05, 0.1) is 5.02 Å². The number of fused-ring (bicyclic) bond motifs is 1. The molecule has 0 radical (unpaired) electrons. The van der Waals surface area contributed by atoms with Crippen molar-refractivity contribution in [1.82, 2.24) is 10.3 Å². The maximum atomic E-state index is 6.25. The first-order chi connectivity index (χ1) is 10.2. The van der Waals surface area contributed by atoms with Crippen LogP contribution in [0.2, 0.25) is 5.02 Å². The summed E-state index contributed by atoms with van der Waals surface area (Å²) in [4.78, 5) is 6.85. The van der Waals surface area contributed by atoms with Crippen LogP contribution in [0.4, 0.5) is 11.5 Å². The van der Waals surface area contributed by atoms with Crippen LogP contribution in [0.1, 0.15) is 25.0 Å². The lowest BCUT2D eigenvalue weighted by Gasteiger charge is -2.24. The van der Waals surface area contributed by atoms with Crippen molar-refractivity contribution >= 4 is 23.1 Å². The number of hydrogen-bond donors (Lipinski definition) is 1. The molecule has 0 amide bonds. The van der Waals surface area contributed by atoms with Crippen molar-refractivity contribution in [3.8, 4) is 0 Å².